The molecule has 0 unspecified atom stereocenters. The fourth-order valence-electron chi connectivity index (χ4n) is 2.36. The Morgan fingerprint density at radius 1 is 1.65 bits per heavy atom. The van der Waals surface area contributed by atoms with E-state index < -0.39 is 4.92 Å². The molecule has 0 aliphatic carbocycles. The predicted octanol–water partition coefficient (Wildman–Crippen LogP) is 1.98. The molecule has 0 bridgehead atoms. The van der Waals surface area contributed by atoms with E-state index in [1.54, 1.807) is 6.07 Å². The Morgan fingerprint density at radius 3 is 3.00 bits per heavy atom. The Hall–Kier alpha value is -1.72. The van der Waals surface area contributed by atoms with Gasteiger partial charge >= 0.3 is 5.69 Å². The number of nitriles is 1. The second-order valence-corrected chi connectivity index (χ2v) is 5.41. The van der Waals surface area contributed by atoms with Gasteiger partial charge in [0, 0.05) is 12.6 Å². The number of aliphatic hydroxyl groups is 1. The smallest absolute Gasteiger partial charge is 0.306 e. The summed E-state index contributed by atoms with van der Waals surface area (Å²) in [5.74, 6) is 0.478. The highest BCUT2D eigenvalue weighted by atomic mass is 79.9. The molecular weight excluding hydrogens is 328 g/mol. The molecule has 1 aliphatic rings. The molecule has 2 heterocycles. The summed E-state index contributed by atoms with van der Waals surface area (Å²) in [4.78, 5) is 16.3. The van der Waals surface area contributed by atoms with Crippen LogP contribution in [0.2, 0.25) is 0 Å². The lowest BCUT2D eigenvalue weighted by atomic mass is 10.0. The number of halogens is 1. The third kappa shape index (κ3) is 2.73. The van der Waals surface area contributed by atoms with E-state index in [-0.39, 0.29) is 24.0 Å². The highest BCUT2D eigenvalue weighted by molar-refractivity contribution is 9.10. The van der Waals surface area contributed by atoms with Crippen LogP contribution in [0.25, 0.3) is 0 Å². The van der Waals surface area contributed by atoms with Gasteiger partial charge in [0.25, 0.3) is 0 Å². The van der Waals surface area contributed by atoms with Crippen LogP contribution in [0, 0.1) is 21.4 Å². The Morgan fingerprint density at radius 2 is 2.40 bits per heavy atom. The second kappa shape index (κ2) is 6.15. The second-order valence-electron chi connectivity index (χ2n) is 4.56. The van der Waals surface area contributed by atoms with Crippen LogP contribution in [-0.4, -0.2) is 34.2 Å². The number of pyridine rings is 1. The molecule has 0 amide bonds. The van der Waals surface area contributed by atoms with Crippen molar-refractivity contribution in [3.63, 3.8) is 0 Å². The van der Waals surface area contributed by atoms with Gasteiger partial charge in [0.05, 0.1) is 22.0 Å². The molecule has 20 heavy (non-hydrogen) atoms. The van der Waals surface area contributed by atoms with Crippen molar-refractivity contribution in [3.05, 3.63) is 26.3 Å². The molecule has 1 aromatic heterocycles. The summed E-state index contributed by atoms with van der Waals surface area (Å²) in [6, 6.07) is 2.98. The van der Waals surface area contributed by atoms with Gasteiger partial charge in [-0.2, -0.15) is 5.26 Å². The predicted molar refractivity (Wildman–Crippen MR) is 75.4 cm³/mol. The van der Waals surface area contributed by atoms with Crippen LogP contribution >= 0.6 is 15.9 Å². The van der Waals surface area contributed by atoms with Crippen molar-refractivity contribution in [3.8, 4) is 6.07 Å². The Bertz CT molecular complexity index is 573. The van der Waals surface area contributed by atoms with Gasteiger partial charge in [-0.1, -0.05) is 0 Å². The maximum atomic E-state index is 10.9. The monoisotopic (exact) mass is 340 g/mol. The maximum Gasteiger partial charge on any atom is 0.306 e. The molecule has 1 N–H and O–H groups in total. The summed E-state index contributed by atoms with van der Waals surface area (Å²) in [6.07, 6.45) is 2.82. The van der Waals surface area contributed by atoms with Crippen molar-refractivity contribution in [1.29, 1.82) is 5.26 Å². The topological polar surface area (TPSA) is 103 Å². The molecule has 106 valence electrons. The third-order valence-corrected chi connectivity index (χ3v) is 3.93. The van der Waals surface area contributed by atoms with E-state index in [1.807, 2.05) is 4.90 Å². The molecule has 1 fully saturated rings. The molecule has 2 rings (SSSR count). The first kappa shape index (κ1) is 14.7. The zero-order valence-electron chi connectivity index (χ0n) is 10.6. The number of piperidine rings is 1. The number of aromatic nitrogens is 1. The zero-order valence-corrected chi connectivity index (χ0v) is 12.2. The van der Waals surface area contributed by atoms with Gasteiger partial charge in [-0.25, -0.2) is 4.98 Å². The van der Waals surface area contributed by atoms with Gasteiger partial charge in [0.2, 0.25) is 5.69 Å². The molecule has 0 saturated carbocycles. The van der Waals surface area contributed by atoms with Gasteiger partial charge in [0.1, 0.15) is 11.9 Å². The van der Waals surface area contributed by atoms with Crippen molar-refractivity contribution in [2.45, 2.75) is 25.3 Å². The number of rotatable bonds is 3. The normalized spacial score (nSPS) is 18.6. The summed E-state index contributed by atoms with van der Waals surface area (Å²) >= 11 is 3.27. The molecular formula is C12H13BrN4O3. The molecule has 0 aromatic carbocycles. The van der Waals surface area contributed by atoms with Crippen LogP contribution in [0.5, 0.6) is 0 Å². The fourth-order valence-corrected chi connectivity index (χ4v) is 2.89. The summed E-state index contributed by atoms with van der Waals surface area (Å²) < 4.78 is 0.462. The van der Waals surface area contributed by atoms with E-state index in [0.717, 1.165) is 19.3 Å². The Labute approximate surface area is 124 Å². The van der Waals surface area contributed by atoms with E-state index in [2.05, 4.69) is 20.9 Å². The van der Waals surface area contributed by atoms with Crippen molar-refractivity contribution in [2.75, 3.05) is 18.1 Å². The van der Waals surface area contributed by atoms with Crippen LogP contribution in [0.4, 0.5) is 11.5 Å². The van der Waals surface area contributed by atoms with Gasteiger partial charge in [-0.3, -0.25) is 10.1 Å². The number of nitro groups is 1. The van der Waals surface area contributed by atoms with Crippen LogP contribution in [0.3, 0.4) is 0 Å². The van der Waals surface area contributed by atoms with E-state index >= 15 is 0 Å². The number of anilines is 1. The number of hydrogen-bond donors (Lipinski definition) is 1. The summed E-state index contributed by atoms with van der Waals surface area (Å²) in [5.41, 5.74) is -0.531. The SMILES string of the molecule is N#Cc1nc(N2CCCC[C@H]2CO)c(Br)cc1[N+](=O)[O-]. The van der Waals surface area contributed by atoms with E-state index in [0.29, 0.717) is 16.8 Å². The quantitative estimate of drug-likeness (QED) is 0.666. The minimum atomic E-state index is -0.625. The Balaban J connectivity index is 2.46. The minimum absolute atomic E-state index is 0.00695. The standard InChI is InChI=1S/C12H13BrN4O3/c13-9-5-11(17(19)20)10(6-14)15-12(9)16-4-2-1-3-8(16)7-18/h5,8,18H,1-4,7H2/t8-/m0/s1. The largest absolute Gasteiger partial charge is 0.394 e. The molecule has 8 heteroatoms. The first-order valence-electron chi connectivity index (χ1n) is 6.21. The molecule has 1 atom stereocenters. The van der Waals surface area contributed by atoms with Gasteiger partial charge in [-0.05, 0) is 35.2 Å². The summed E-state index contributed by atoms with van der Waals surface area (Å²) in [6.45, 7) is 0.701. The van der Waals surface area contributed by atoms with Crippen LogP contribution < -0.4 is 4.90 Å². The highest BCUT2D eigenvalue weighted by Crippen LogP contribution is 2.33. The molecule has 1 saturated heterocycles. The van der Waals surface area contributed by atoms with Crippen molar-refractivity contribution in [1.82, 2.24) is 4.98 Å². The van der Waals surface area contributed by atoms with Crippen molar-refractivity contribution >= 4 is 27.4 Å². The fraction of sp³-hybridized carbons (Fsp3) is 0.500. The highest BCUT2D eigenvalue weighted by Gasteiger charge is 2.27. The lowest BCUT2D eigenvalue weighted by Gasteiger charge is -2.36. The van der Waals surface area contributed by atoms with E-state index in [4.69, 9.17) is 5.26 Å². The molecule has 0 spiro atoms. The third-order valence-electron chi connectivity index (χ3n) is 3.35. The first-order valence-corrected chi connectivity index (χ1v) is 7.00. The summed E-state index contributed by atoms with van der Waals surface area (Å²) in [7, 11) is 0. The van der Waals surface area contributed by atoms with Crippen LogP contribution in [0.1, 0.15) is 25.0 Å². The molecule has 1 aromatic rings. The van der Waals surface area contributed by atoms with Crippen molar-refractivity contribution in [2.24, 2.45) is 0 Å². The van der Waals surface area contributed by atoms with Crippen LogP contribution in [-0.2, 0) is 0 Å². The lowest BCUT2D eigenvalue weighted by molar-refractivity contribution is -0.385. The average Bonchev–Trinajstić information content (AvgIpc) is 2.46. The van der Waals surface area contributed by atoms with Gasteiger partial charge in [-0.15, -0.1) is 0 Å². The van der Waals surface area contributed by atoms with Gasteiger partial charge < -0.3 is 10.0 Å². The lowest BCUT2D eigenvalue weighted by Crippen LogP contribution is -2.42. The van der Waals surface area contributed by atoms with Crippen molar-refractivity contribution < 1.29 is 10.0 Å². The zero-order chi connectivity index (χ0) is 14.7. The number of hydrogen-bond acceptors (Lipinski definition) is 6. The van der Waals surface area contributed by atoms with Gasteiger partial charge in [0.15, 0.2) is 0 Å². The Kier molecular flexibility index (Phi) is 4.52. The first-order chi connectivity index (χ1) is 9.58. The minimum Gasteiger partial charge on any atom is -0.394 e. The van der Waals surface area contributed by atoms with Crippen LogP contribution in [0.15, 0.2) is 10.5 Å². The number of aliphatic hydroxyl groups excluding tert-OH is 1. The number of nitrogens with zero attached hydrogens (tertiary/aromatic N) is 4. The average molecular weight is 341 g/mol. The summed E-state index contributed by atoms with van der Waals surface area (Å²) in [5, 5.41) is 29.3. The maximum absolute atomic E-state index is 10.9. The molecule has 0 radical (unpaired) electrons. The molecule has 7 nitrogen and oxygen atoms in total. The van der Waals surface area contributed by atoms with E-state index in [1.165, 1.54) is 6.07 Å². The molecule has 1 aliphatic heterocycles. The van der Waals surface area contributed by atoms with E-state index in [9.17, 15) is 15.2 Å².